The molecule has 0 heterocycles. The number of phenolic OH excluding ortho intramolecular Hbond substituents is 3. The Morgan fingerprint density at radius 3 is 2.06 bits per heavy atom. The summed E-state index contributed by atoms with van der Waals surface area (Å²) in [7, 11) is 0. The van der Waals surface area contributed by atoms with Gasteiger partial charge in [-0.05, 0) is 41.8 Å². The van der Waals surface area contributed by atoms with E-state index in [1.807, 2.05) is 6.92 Å². The van der Waals surface area contributed by atoms with E-state index >= 15 is 0 Å². The lowest BCUT2D eigenvalue weighted by atomic mass is 10.0. The molecule has 17 heavy (non-hydrogen) atoms. The van der Waals surface area contributed by atoms with Crippen LogP contribution in [0.5, 0.6) is 17.2 Å². The van der Waals surface area contributed by atoms with Crippen LogP contribution in [0.15, 0.2) is 36.4 Å². The highest BCUT2D eigenvalue weighted by Gasteiger charge is 2.09. The minimum absolute atomic E-state index is 0.0749. The van der Waals surface area contributed by atoms with E-state index in [1.165, 1.54) is 0 Å². The van der Waals surface area contributed by atoms with Gasteiger partial charge in [-0.15, -0.1) is 0 Å². The summed E-state index contributed by atoms with van der Waals surface area (Å²) in [5, 5.41) is 28.9. The van der Waals surface area contributed by atoms with Gasteiger partial charge in [0.15, 0.2) is 0 Å². The zero-order valence-electron chi connectivity index (χ0n) is 9.51. The molecule has 0 aromatic heterocycles. The van der Waals surface area contributed by atoms with Crippen LogP contribution in [0.3, 0.4) is 0 Å². The average molecular weight is 230 g/mol. The molecule has 88 valence electrons. The molecule has 0 aliphatic heterocycles. The average Bonchev–Trinajstić information content (AvgIpc) is 2.28. The van der Waals surface area contributed by atoms with Crippen LogP contribution in [0, 0.1) is 0 Å². The van der Waals surface area contributed by atoms with Gasteiger partial charge in [-0.1, -0.05) is 19.1 Å². The lowest BCUT2D eigenvalue weighted by Gasteiger charge is -2.09. The van der Waals surface area contributed by atoms with Crippen molar-refractivity contribution in [1.29, 1.82) is 0 Å². The topological polar surface area (TPSA) is 60.7 Å². The zero-order chi connectivity index (χ0) is 12.4. The van der Waals surface area contributed by atoms with Crippen molar-refractivity contribution in [2.45, 2.75) is 13.3 Å². The quantitative estimate of drug-likeness (QED) is 0.743. The molecule has 0 bridgehead atoms. The first-order chi connectivity index (χ1) is 8.11. The van der Waals surface area contributed by atoms with E-state index in [0.717, 1.165) is 5.56 Å². The lowest BCUT2D eigenvalue weighted by molar-refractivity contribution is 0.440. The van der Waals surface area contributed by atoms with Crippen LogP contribution in [-0.4, -0.2) is 15.3 Å². The summed E-state index contributed by atoms with van der Waals surface area (Å²) >= 11 is 0. The van der Waals surface area contributed by atoms with Gasteiger partial charge in [-0.3, -0.25) is 0 Å². The smallest absolute Gasteiger partial charge is 0.123 e. The van der Waals surface area contributed by atoms with Crippen LogP contribution in [0.2, 0.25) is 0 Å². The number of benzene rings is 2. The minimum Gasteiger partial charge on any atom is -0.508 e. The SMILES string of the molecule is CCc1c(O)cc(-c2cccc(O)c2)cc1O. The maximum Gasteiger partial charge on any atom is 0.123 e. The van der Waals surface area contributed by atoms with Gasteiger partial charge >= 0.3 is 0 Å². The fourth-order valence-electron chi connectivity index (χ4n) is 1.86. The van der Waals surface area contributed by atoms with Crippen molar-refractivity contribution >= 4 is 0 Å². The summed E-state index contributed by atoms with van der Waals surface area (Å²) in [4.78, 5) is 0. The van der Waals surface area contributed by atoms with Gasteiger partial charge in [0.25, 0.3) is 0 Å². The second kappa shape index (κ2) is 4.37. The van der Waals surface area contributed by atoms with Gasteiger partial charge in [0, 0.05) is 5.56 Å². The number of hydrogen-bond donors (Lipinski definition) is 3. The first-order valence-corrected chi connectivity index (χ1v) is 5.46. The van der Waals surface area contributed by atoms with E-state index < -0.39 is 0 Å². The molecule has 0 amide bonds. The van der Waals surface area contributed by atoms with Crippen molar-refractivity contribution in [3.8, 4) is 28.4 Å². The summed E-state index contributed by atoms with van der Waals surface area (Å²) in [6.45, 7) is 1.86. The molecule has 3 N–H and O–H groups in total. The van der Waals surface area contributed by atoms with Crippen molar-refractivity contribution in [3.63, 3.8) is 0 Å². The Balaban J connectivity index is 2.54. The van der Waals surface area contributed by atoms with E-state index in [2.05, 4.69) is 0 Å². The largest absolute Gasteiger partial charge is 0.508 e. The molecule has 0 aliphatic carbocycles. The van der Waals surface area contributed by atoms with Gasteiger partial charge in [0.1, 0.15) is 17.2 Å². The summed E-state index contributed by atoms with van der Waals surface area (Å²) in [6.07, 6.45) is 0.567. The molecule has 2 rings (SSSR count). The van der Waals surface area contributed by atoms with Crippen molar-refractivity contribution in [3.05, 3.63) is 42.0 Å². The standard InChI is InChI=1S/C14H14O3/c1-2-12-13(16)7-10(8-14(12)17)9-4-3-5-11(15)6-9/h3-8,15-17H,2H2,1H3. The van der Waals surface area contributed by atoms with Gasteiger partial charge in [0.05, 0.1) is 0 Å². The molecular formula is C14H14O3. The molecule has 0 fully saturated rings. The molecule has 0 spiro atoms. The number of rotatable bonds is 2. The summed E-state index contributed by atoms with van der Waals surface area (Å²) in [6, 6.07) is 9.86. The lowest BCUT2D eigenvalue weighted by Crippen LogP contribution is -1.85. The molecule has 0 unspecified atom stereocenters. The monoisotopic (exact) mass is 230 g/mol. The van der Waals surface area contributed by atoms with Gasteiger partial charge in [-0.2, -0.15) is 0 Å². The molecule has 0 radical (unpaired) electrons. The van der Waals surface area contributed by atoms with Crippen LogP contribution in [0.4, 0.5) is 0 Å². The fraction of sp³-hybridized carbons (Fsp3) is 0.143. The Bertz CT molecular complexity index is 524. The molecule has 3 nitrogen and oxygen atoms in total. The van der Waals surface area contributed by atoms with E-state index in [0.29, 0.717) is 17.5 Å². The first kappa shape index (κ1) is 11.3. The molecule has 0 saturated heterocycles. The van der Waals surface area contributed by atoms with Gasteiger partial charge in [0.2, 0.25) is 0 Å². The second-order valence-electron chi connectivity index (χ2n) is 3.90. The Morgan fingerprint density at radius 2 is 1.53 bits per heavy atom. The predicted molar refractivity (Wildman–Crippen MR) is 66.3 cm³/mol. The third-order valence-corrected chi connectivity index (χ3v) is 2.74. The molecular weight excluding hydrogens is 216 g/mol. The summed E-state index contributed by atoms with van der Waals surface area (Å²) in [5.74, 6) is 0.303. The van der Waals surface area contributed by atoms with Crippen LogP contribution in [-0.2, 0) is 6.42 Å². The molecule has 0 aliphatic rings. The summed E-state index contributed by atoms with van der Waals surface area (Å²) in [5.41, 5.74) is 1.96. The van der Waals surface area contributed by atoms with Crippen molar-refractivity contribution in [2.75, 3.05) is 0 Å². The first-order valence-electron chi connectivity index (χ1n) is 5.46. The van der Waals surface area contributed by atoms with Crippen LogP contribution >= 0.6 is 0 Å². The second-order valence-corrected chi connectivity index (χ2v) is 3.90. The molecule has 0 saturated carbocycles. The van der Waals surface area contributed by atoms with E-state index in [9.17, 15) is 15.3 Å². The van der Waals surface area contributed by atoms with Crippen LogP contribution in [0.1, 0.15) is 12.5 Å². The zero-order valence-corrected chi connectivity index (χ0v) is 9.51. The van der Waals surface area contributed by atoms with Gasteiger partial charge in [-0.25, -0.2) is 0 Å². The molecule has 3 heteroatoms. The Labute approximate surface area is 99.6 Å². The van der Waals surface area contributed by atoms with Crippen molar-refractivity contribution in [1.82, 2.24) is 0 Å². The van der Waals surface area contributed by atoms with Crippen molar-refractivity contribution < 1.29 is 15.3 Å². The van der Waals surface area contributed by atoms with E-state index in [4.69, 9.17) is 0 Å². The van der Waals surface area contributed by atoms with E-state index in [-0.39, 0.29) is 17.2 Å². The predicted octanol–water partition coefficient (Wildman–Crippen LogP) is 3.03. The van der Waals surface area contributed by atoms with Crippen molar-refractivity contribution in [2.24, 2.45) is 0 Å². The summed E-state index contributed by atoms with van der Waals surface area (Å²) < 4.78 is 0. The highest BCUT2D eigenvalue weighted by molar-refractivity contribution is 5.69. The Hall–Kier alpha value is -2.16. The molecule has 2 aromatic rings. The normalized spacial score (nSPS) is 10.4. The maximum atomic E-state index is 9.78. The third-order valence-electron chi connectivity index (χ3n) is 2.74. The third kappa shape index (κ3) is 2.18. The van der Waals surface area contributed by atoms with Crippen LogP contribution in [0.25, 0.3) is 11.1 Å². The number of aromatic hydroxyl groups is 3. The van der Waals surface area contributed by atoms with Crippen LogP contribution < -0.4 is 0 Å². The highest BCUT2D eigenvalue weighted by atomic mass is 16.3. The maximum absolute atomic E-state index is 9.78. The molecule has 0 atom stereocenters. The Morgan fingerprint density at radius 1 is 0.882 bits per heavy atom. The fourth-order valence-corrected chi connectivity index (χ4v) is 1.86. The van der Waals surface area contributed by atoms with Gasteiger partial charge < -0.3 is 15.3 Å². The Kier molecular flexibility index (Phi) is 2.91. The minimum atomic E-state index is 0.0749. The number of hydrogen-bond acceptors (Lipinski definition) is 3. The highest BCUT2D eigenvalue weighted by Crippen LogP contribution is 2.34. The number of phenols is 3. The molecule has 2 aromatic carbocycles. The van der Waals surface area contributed by atoms with E-state index in [1.54, 1.807) is 36.4 Å².